The predicted octanol–water partition coefficient (Wildman–Crippen LogP) is 2.30. The van der Waals surface area contributed by atoms with Gasteiger partial charge in [-0.05, 0) is 30.7 Å². The summed E-state index contributed by atoms with van der Waals surface area (Å²) >= 11 is 0. The third kappa shape index (κ3) is 4.38. The van der Waals surface area contributed by atoms with E-state index in [2.05, 4.69) is 4.98 Å². The minimum Gasteiger partial charge on any atom is -0.465 e. The molecule has 33 heavy (non-hydrogen) atoms. The van der Waals surface area contributed by atoms with Crippen LogP contribution in [-0.2, 0) is 21.2 Å². The SMILES string of the molecule is Cc1cc2nc(-c3c(F)cc(S(N)(=O)=O)cc3F)c(C[C@H]3CN(C(=O)O)CCO3)n2cc1F. The number of fused-ring (bicyclic) bond motifs is 1. The standard InChI is InChI=1S/C20H19F3N4O5S/c1-10-4-17-25-19(18-13(21)6-12(7-14(18)22)33(24,30)31)16(27(17)9-15(10)23)5-11-8-26(20(28)29)2-3-32-11/h4,6-7,9,11H,2-3,5,8H2,1H3,(H,28,29)(H2,24,30,31)/t11-/m0/s1. The highest BCUT2D eigenvalue weighted by atomic mass is 32.2. The van der Waals surface area contributed by atoms with E-state index in [-0.39, 0.29) is 48.7 Å². The molecule has 13 heteroatoms. The van der Waals surface area contributed by atoms with Crippen LogP contribution in [0.4, 0.5) is 18.0 Å². The Kier molecular flexibility index (Phi) is 5.80. The molecule has 0 bridgehead atoms. The average molecular weight is 484 g/mol. The van der Waals surface area contributed by atoms with Crippen molar-refractivity contribution in [2.24, 2.45) is 5.14 Å². The van der Waals surface area contributed by atoms with Crippen molar-refractivity contribution < 1.29 is 36.2 Å². The second-order valence-corrected chi connectivity index (χ2v) is 9.23. The number of ether oxygens (including phenoxy) is 1. The summed E-state index contributed by atoms with van der Waals surface area (Å²) in [4.78, 5) is 16.0. The molecule has 2 aromatic heterocycles. The summed E-state index contributed by atoms with van der Waals surface area (Å²) in [7, 11) is -4.37. The zero-order valence-corrected chi connectivity index (χ0v) is 18.1. The Hall–Kier alpha value is -3.16. The van der Waals surface area contributed by atoms with Gasteiger partial charge in [0.2, 0.25) is 10.0 Å². The van der Waals surface area contributed by atoms with E-state index in [1.54, 1.807) is 0 Å². The molecular weight excluding hydrogens is 465 g/mol. The van der Waals surface area contributed by atoms with Crippen LogP contribution in [0.25, 0.3) is 16.9 Å². The molecule has 0 radical (unpaired) electrons. The molecule has 0 aliphatic carbocycles. The fourth-order valence-electron chi connectivity index (χ4n) is 3.78. The van der Waals surface area contributed by atoms with Crippen molar-refractivity contribution in [2.45, 2.75) is 24.3 Å². The third-order valence-electron chi connectivity index (χ3n) is 5.41. The van der Waals surface area contributed by atoms with Gasteiger partial charge in [-0.25, -0.2) is 36.5 Å². The first-order valence-electron chi connectivity index (χ1n) is 9.74. The maximum atomic E-state index is 14.9. The van der Waals surface area contributed by atoms with Crippen LogP contribution in [0.5, 0.6) is 0 Å². The van der Waals surface area contributed by atoms with Crippen molar-refractivity contribution in [3.05, 3.63) is 53.1 Å². The van der Waals surface area contributed by atoms with Gasteiger partial charge < -0.3 is 19.1 Å². The number of nitrogens with two attached hydrogens (primary N) is 1. The average Bonchev–Trinajstić information content (AvgIpc) is 3.04. The highest BCUT2D eigenvalue weighted by Crippen LogP contribution is 2.33. The summed E-state index contributed by atoms with van der Waals surface area (Å²) in [6, 6.07) is 2.55. The summed E-state index contributed by atoms with van der Waals surface area (Å²) in [6.45, 7) is 1.77. The van der Waals surface area contributed by atoms with Gasteiger partial charge >= 0.3 is 6.09 Å². The Bertz CT molecular complexity index is 1350. The van der Waals surface area contributed by atoms with Gasteiger partial charge in [0.1, 0.15) is 23.1 Å². The molecule has 1 atom stereocenters. The fourth-order valence-corrected chi connectivity index (χ4v) is 4.31. The molecule has 3 aromatic rings. The number of benzene rings is 1. The Morgan fingerprint density at radius 2 is 1.91 bits per heavy atom. The van der Waals surface area contributed by atoms with Crippen molar-refractivity contribution >= 4 is 21.8 Å². The highest BCUT2D eigenvalue weighted by Gasteiger charge is 2.29. The van der Waals surface area contributed by atoms with Crippen molar-refractivity contribution in [3.63, 3.8) is 0 Å². The lowest BCUT2D eigenvalue weighted by atomic mass is 10.0. The van der Waals surface area contributed by atoms with Crippen LogP contribution in [0.15, 0.2) is 29.3 Å². The summed E-state index contributed by atoms with van der Waals surface area (Å²) in [5.74, 6) is -3.04. The first-order valence-corrected chi connectivity index (χ1v) is 11.3. The number of hydrogen-bond acceptors (Lipinski definition) is 5. The van der Waals surface area contributed by atoms with Crippen molar-refractivity contribution in [2.75, 3.05) is 19.7 Å². The maximum absolute atomic E-state index is 14.9. The number of carbonyl (C=O) groups is 1. The van der Waals surface area contributed by atoms with E-state index in [1.165, 1.54) is 17.4 Å². The maximum Gasteiger partial charge on any atom is 0.407 e. The zero-order valence-electron chi connectivity index (χ0n) is 17.3. The number of halogens is 3. The first-order chi connectivity index (χ1) is 15.5. The fraction of sp³-hybridized carbons (Fsp3) is 0.300. The Morgan fingerprint density at radius 3 is 2.52 bits per heavy atom. The number of pyridine rings is 1. The van der Waals surface area contributed by atoms with Crippen molar-refractivity contribution in [1.82, 2.24) is 14.3 Å². The number of sulfonamides is 1. The Labute approximate surface area is 186 Å². The van der Waals surface area contributed by atoms with Crippen LogP contribution < -0.4 is 5.14 Å². The predicted molar refractivity (Wildman–Crippen MR) is 110 cm³/mol. The van der Waals surface area contributed by atoms with Crippen LogP contribution in [0.3, 0.4) is 0 Å². The number of rotatable bonds is 4. The molecule has 1 aliphatic heterocycles. The number of carboxylic acid groups (broad SMARTS) is 1. The molecule has 3 N–H and O–H groups in total. The van der Waals surface area contributed by atoms with Gasteiger partial charge in [-0.15, -0.1) is 0 Å². The van der Waals surface area contributed by atoms with Crippen molar-refractivity contribution in [1.29, 1.82) is 0 Å². The van der Waals surface area contributed by atoms with Gasteiger partial charge in [0.25, 0.3) is 0 Å². The third-order valence-corrected chi connectivity index (χ3v) is 6.31. The zero-order chi connectivity index (χ0) is 24.1. The summed E-state index contributed by atoms with van der Waals surface area (Å²) in [5.41, 5.74) is -0.194. The molecule has 9 nitrogen and oxygen atoms in total. The van der Waals surface area contributed by atoms with E-state index in [9.17, 15) is 31.5 Å². The van der Waals surface area contributed by atoms with E-state index < -0.39 is 50.1 Å². The number of hydrogen-bond donors (Lipinski definition) is 2. The van der Waals surface area contributed by atoms with Crippen LogP contribution in [0.1, 0.15) is 11.3 Å². The number of aryl methyl sites for hydroxylation is 1. The number of amides is 1. The number of nitrogens with zero attached hydrogens (tertiary/aromatic N) is 3. The van der Waals surface area contributed by atoms with Gasteiger partial charge in [-0.3, -0.25) is 0 Å². The molecule has 4 rings (SSSR count). The monoisotopic (exact) mass is 484 g/mol. The molecule has 0 spiro atoms. The second-order valence-electron chi connectivity index (χ2n) is 7.67. The largest absolute Gasteiger partial charge is 0.465 e. The highest BCUT2D eigenvalue weighted by molar-refractivity contribution is 7.89. The van der Waals surface area contributed by atoms with Gasteiger partial charge in [0.05, 0.1) is 41.1 Å². The van der Waals surface area contributed by atoms with Gasteiger partial charge in [0.15, 0.2) is 0 Å². The van der Waals surface area contributed by atoms with Crippen LogP contribution in [0.2, 0.25) is 0 Å². The molecule has 1 saturated heterocycles. The molecule has 176 valence electrons. The molecule has 0 saturated carbocycles. The summed E-state index contributed by atoms with van der Waals surface area (Å²) in [5, 5.41) is 14.2. The van der Waals surface area contributed by atoms with Crippen LogP contribution in [-0.4, -0.2) is 59.7 Å². The molecule has 3 heterocycles. The van der Waals surface area contributed by atoms with Gasteiger partial charge in [-0.2, -0.15) is 0 Å². The van der Waals surface area contributed by atoms with Crippen molar-refractivity contribution in [3.8, 4) is 11.3 Å². The van der Waals surface area contributed by atoms with Gasteiger partial charge in [0, 0.05) is 19.2 Å². The number of primary sulfonamides is 1. The number of morpholine rings is 1. The first kappa shape index (κ1) is 23.0. The quantitative estimate of drug-likeness (QED) is 0.585. The number of imidazole rings is 1. The Morgan fingerprint density at radius 1 is 1.24 bits per heavy atom. The molecule has 0 unspecified atom stereocenters. The lowest BCUT2D eigenvalue weighted by Gasteiger charge is -2.31. The van der Waals surface area contributed by atoms with Crippen LogP contribution >= 0.6 is 0 Å². The van der Waals surface area contributed by atoms with E-state index in [4.69, 9.17) is 9.88 Å². The van der Waals surface area contributed by atoms with E-state index in [0.29, 0.717) is 12.1 Å². The minimum absolute atomic E-state index is 0.00826. The number of aromatic nitrogens is 2. The van der Waals surface area contributed by atoms with E-state index in [0.717, 1.165) is 11.1 Å². The minimum atomic E-state index is -4.37. The molecular formula is C20H19F3N4O5S. The molecule has 1 aromatic carbocycles. The van der Waals surface area contributed by atoms with E-state index in [1.807, 2.05) is 0 Å². The normalized spacial score (nSPS) is 17.0. The van der Waals surface area contributed by atoms with E-state index >= 15 is 0 Å². The second kappa shape index (κ2) is 8.32. The Balaban J connectivity index is 1.88. The topological polar surface area (TPSA) is 127 Å². The molecule has 1 fully saturated rings. The lowest BCUT2D eigenvalue weighted by Crippen LogP contribution is -2.45. The lowest BCUT2D eigenvalue weighted by molar-refractivity contribution is -0.0215. The molecule has 1 amide bonds. The molecule has 1 aliphatic rings. The summed E-state index contributed by atoms with van der Waals surface area (Å²) < 4.78 is 74.2. The summed E-state index contributed by atoms with van der Waals surface area (Å²) in [6.07, 6.45) is -0.756. The van der Waals surface area contributed by atoms with Crippen LogP contribution in [0, 0.1) is 24.4 Å². The smallest absolute Gasteiger partial charge is 0.407 e. The van der Waals surface area contributed by atoms with Gasteiger partial charge in [-0.1, -0.05) is 0 Å².